The molecule has 0 rings (SSSR count). The summed E-state index contributed by atoms with van der Waals surface area (Å²) in [5, 5.41) is 14.7. The highest BCUT2D eigenvalue weighted by molar-refractivity contribution is 7.89. The second kappa shape index (κ2) is 18.7. The van der Waals surface area contributed by atoms with Crippen LogP contribution in [0.1, 0.15) is 6.92 Å². The van der Waals surface area contributed by atoms with Crippen molar-refractivity contribution in [1.82, 2.24) is 21.3 Å². The van der Waals surface area contributed by atoms with Gasteiger partial charge >= 0.3 is 18.3 Å². The predicted octanol–water partition coefficient (Wildman–Crippen LogP) is -1.12. The van der Waals surface area contributed by atoms with Crippen molar-refractivity contribution in [3.8, 4) is 0 Å². The Morgan fingerprint density at radius 2 is 1.25 bits per heavy atom. The van der Waals surface area contributed by atoms with Crippen LogP contribution in [-0.4, -0.2) is 82.6 Å². The minimum atomic E-state index is -3.78. The lowest BCUT2D eigenvalue weighted by molar-refractivity contribution is -0.117. The highest BCUT2D eigenvalue weighted by Crippen LogP contribution is 1.86. The van der Waals surface area contributed by atoms with Gasteiger partial charge in [-0.05, 0) is 0 Å². The smallest absolute Gasteiger partial charge is 0.413 e. The molecular weight excluding hydrogens is 504 g/mol. The number of alkyl carbamates (subject to hydrolysis) is 3. The lowest BCUT2D eigenvalue weighted by Crippen LogP contribution is -2.44. The van der Waals surface area contributed by atoms with E-state index in [1.165, 1.54) is 13.2 Å². The fraction of sp³-hybridized carbons (Fsp3) is 0.500. The first-order valence-corrected chi connectivity index (χ1v) is 11.1. The number of methoxy groups -OCH3 is 3. The fourth-order valence-electron chi connectivity index (χ4n) is 0.899. The number of ether oxygens (including phenoxy) is 3. The highest BCUT2D eigenvalue weighted by Gasteiger charge is 2.12. The molecule has 17 nitrogen and oxygen atoms in total. The topological polar surface area (TPSA) is 241 Å². The lowest BCUT2D eigenvalue weighted by atomic mass is 10.7. The van der Waals surface area contributed by atoms with E-state index in [1.54, 1.807) is 0 Å². The van der Waals surface area contributed by atoms with E-state index in [9.17, 15) is 31.8 Å². The Balaban J connectivity index is -0.000000453. The minimum Gasteiger partial charge on any atom is -0.453 e. The molecule has 0 aliphatic rings. The van der Waals surface area contributed by atoms with Gasteiger partial charge < -0.3 is 14.2 Å². The standard InChI is InChI=1S/C6H11N3O6S.C5H9N3O3.CH3ClO2S/c1-14-5(10)7-4(8-6(11)15-2)9-16(3,12)13;1-3(9)7-4(6)8-5(10)11-2;1-5(3)4-2/h1-3H3,(H2,7,8,9,10,11);1-2H3,(H3,6,7,8,9,10);1H3. The number of nitrogens with zero attached hydrogens (tertiary/aromatic N) is 1. The number of hydrogen-bond donors (Lipinski definition) is 5. The van der Waals surface area contributed by atoms with E-state index in [4.69, 9.17) is 5.41 Å². The van der Waals surface area contributed by atoms with Crippen molar-refractivity contribution in [3.05, 3.63) is 0 Å². The van der Waals surface area contributed by atoms with Gasteiger partial charge in [0, 0.05) is 13.2 Å². The van der Waals surface area contributed by atoms with Crippen LogP contribution in [0.3, 0.4) is 0 Å². The third-order valence-corrected chi connectivity index (χ3v) is 3.09. The zero-order chi connectivity index (χ0) is 25.9. The van der Waals surface area contributed by atoms with Crippen molar-refractivity contribution in [2.24, 2.45) is 4.40 Å². The van der Waals surface area contributed by atoms with Gasteiger partial charge in [-0.15, -0.1) is 4.40 Å². The van der Waals surface area contributed by atoms with E-state index in [0.29, 0.717) is 0 Å². The molecule has 0 aromatic heterocycles. The summed E-state index contributed by atoms with van der Waals surface area (Å²) in [4.78, 5) is 42.2. The zero-order valence-corrected chi connectivity index (χ0v) is 20.0. The van der Waals surface area contributed by atoms with Gasteiger partial charge in [-0.3, -0.25) is 31.5 Å². The van der Waals surface area contributed by atoms with Crippen LogP contribution in [0.4, 0.5) is 14.4 Å². The number of carbonyl (C=O) groups excluding carboxylic acids is 4. The Kier molecular flexibility index (Phi) is 19.7. The molecule has 0 aromatic rings. The van der Waals surface area contributed by atoms with Crippen molar-refractivity contribution in [2.45, 2.75) is 6.92 Å². The van der Waals surface area contributed by atoms with E-state index in [-0.39, 0.29) is 0 Å². The fourth-order valence-corrected chi connectivity index (χ4v) is 1.32. The van der Waals surface area contributed by atoms with Gasteiger partial charge in [0.2, 0.25) is 17.8 Å². The zero-order valence-electron chi connectivity index (χ0n) is 17.6. The Labute approximate surface area is 190 Å². The average Bonchev–Trinajstić information content (AvgIpc) is 2.66. The van der Waals surface area contributed by atoms with Crippen LogP contribution >= 0.6 is 11.9 Å². The summed E-state index contributed by atoms with van der Waals surface area (Å²) in [6, 6.07) is 0. The number of nitrogens with one attached hydrogen (secondary N) is 5. The van der Waals surface area contributed by atoms with Gasteiger partial charge in [-0.2, -0.15) is 3.74 Å². The van der Waals surface area contributed by atoms with Crippen LogP contribution in [-0.2, 0) is 43.8 Å². The predicted molar refractivity (Wildman–Crippen MR) is 111 cm³/mol. The van der Waals surface area contributed by atoms with Crippen LogP contribution < -0.4 is 21.3 Å². The van der Waals surface area contributed by atoms with Gasteiger partial charge in [0.05, 0.1) is 39.5 Å². The third-order valence-electron chi connectivity index (χ3n) is 1.87. The summed E-state index contributed by atoms with van der Waals surface area (Å²) in [7, 11) is -0.498. The monoisotopic (exact) mass is 526 g/mol. The number of guanidine groups is 2. The Hall–Kier alpha value is -3.03. The number of halogens is 1. The molecule has 0 bridgehead atoms. The molecule has 0 heterocycles. The number of rotatable bonds is 2. The number of carbonyl (C=O) groups is 4. The van der Waals surface area contributed by atoms with E-state index >= 15 is 0 Å². The van der Waals surface area contributed by atoms with E-state index in [1.807, 2.05) is 21.3 Å². The second-order valence-electron chi connectivity index (χ2n) is 4.54. The van der Waals surface area contributed by atoms with Gasteiger partial charge in [-0.1, -0.05) is 0 Å². The highest BCUT2D eigenvalue weighted by atomic mass is 35.5. The molecule has 186 valence electrons. The quantitative estimate of drug-likeness (QED) is 0.164. The van der Waals surface area contributed by atoms with Crippen LogP contribution in [0, 0.1) is 5.41 Å². The maximum Gasteiger partial charge on any atom is 0.413 e. The van der Waals surface area contributed by atoms with Crippen molar-refractivity contribution >= 4 is 69.1 Å². The molecule has 0 saturated heterocycles. The van der Waals surface area contributed by atoms with Crippen molar-refractivity contribution in [1.29, 1.82) is 5.41 Å². The van der Waals surface area contributed by atoms with Crippen LogP contribution in [0.2, 0.25) is 0 Å². The number of hydrogen-bond acceptors (Lipinski definition) is 12. The molecule has 0 saturated carbocycles. The Bertz CT molecular complexity index is 798. The summed E-state index contributed by atoms with van der Waals surface area (Å²) in [5.74, 6) is -1.43. The first-order chi connectivity index (χ1) is 14.6. The molecule has 0 fully saturated rings. The molecule has 0 spiro atoms. The maximum atomic E-state index is 10.8. The Morgan fingerprint density at radius 1 is 0.906 bits per heavy atom. The summed E-state index contributed by atoms with van der Waals surface area (Å²) in [5.41, 5.74) is 0. The van der Waals surface area contributed by atoms with Crippen molar-refractivity contribution in [2.75, 3.05) is 33.8 Å². The van der Waals surface area contributed by atoms with Gasteiger partial charge in [0.25, 0.3) is 10.0 Å². The molecule has 20 heteroatoms. The maximum absolute atomic E-state index is 10.8. The molecule has 1 unspecified atom stereocenters. The molecule has 1 atom stereocenters. The normalized spacial score (nSPS) is 10.1. The first-order valence-electron chi connectivity index (χ1n) is 7.45. The average molecular weight is 527 g/mol. The summed E-state index contributed by atoms with van der Waals surface area (Å²) in [6.45, 7) is 1.23. The third kappa shape index (κ3) is 27.0. The summed E-state index contributed by atoms with van der Waals surface area (Å²) in [6.07, 6.45) is -0.640. The lowest BCUT2D eigenvalue weighted by Gasteiger charge is -2.07. The SMILES string of the molecule is COC(=O)NC(=N)NC(C)=O.COC(=O)NC(=NS(C)(=O)=O)NC(=O)OC.CS(=O)OCl. The Morgan fingerprint density at radius 3 is 1.50 bits per heavy atom. The van der Waals surface area contributed by atoms with E-state index < -0.39 is 57.2 Å². The molecule has 0 aliphatic heterocycles. The number of sulfonamides is 1. The molecular formula is C12H23ClN6O11S2. The molecule has 0 aliphatic carbocycles. The first kappa shape index (κ1) is 33.6. The molecule has 0 radical (unpaired) electrons. The molecule has 4 amide bonds. The molecule has 5 N–H and O–H groups in total. The van der Waals surface area contributed by atoms with Gasteiger partial charge in [-0.25, -0.2) is 27.0 Å². The van der Waals surface area contributed by atoms with E-state index in [0.717, 1.165) is 27.6 Å². The van der Waals surface area contributed by atoms with Crippen LogP contribution in [0.5, 0.6) is 0 Å². The number of amides is 4. The summed E-state index contributed by atoms with van der Waals surface area (Å²) >= 11 is 3.23. The molecule has 32 heavy (non-hydrogen) atoms. The van der Waals surface area contributed by atoms with Crippen LogP contribution in [0.25, 0.3) is 0 Å². The van der Waals surface area contributed by atoms with Crippen LogP contribution in [0.15, 0.2) is 4.40 Å². The minimum absolute atomic E-state index is 0.399. The molecule has 0 aromatic carbocycles. The van der Waals surface area contributed by atoms with Gasteiger partial charge in [0.15, 0.2) is 11.1 Å². The second-order valence-corrected chi connectivity index (χ2v) is 7.50. The van der Waals surface area contributed by atoms with Gasteiger partial charge in [0.1, 0.15) is 0 Å². The van der Waals surface area contributed by atoms with Crippen molar-refractivity contribution in [3.63, 3.8) is 0 Å². The summed E-state index contributed by atoms with van der Waals surface area (Å²) < 4.78 is 50.5. The largest absolute Gasteiger partial charge is 0.453 e. The van der Waals surface area contributed by atoms with E-state index in [2.05, 4.69) is 34.2 Å². The van der Waals surface area contributed by atoms with Crippen molar-refractivity contribution < 1.29 is 49.8 Å².